The summed E-state index contributed by atoms with van der Waals surface area (Å²) >= 11 is 0. The molecule has 0 aliphatic rings. The minimum absolute atomic E-state index is 0.228. The summed E-state index contributed by atoms with van der Waals surface area (Å²) in [5.74, 6) is -0.411. The lowest BCUT2D eigenvalue weighted by molar-refractivity contribution is 0.0953. The average Bonchev–Trinajstić information content (AvgIpc) is 3.38. The largest absolute Gasteiger partial charge is 0.459 e. The molecule has 6 heteroatoms. The Morgan fingerprint density at radius 3 is 2.22 bits per heavy atom. The van der Waals surface area contributed by atoms with Gasteiger partial charge in [0.2, 0.25) is 0 Å². The third kappa shape index (κ3) is 4.99. The van der Waals surface area contributed by atoms with Gasteiger partial charge in [0.15, 0.2) is 5.76 Å². The third-order valence-corrected chi connectivity index (χ3v) is 4.86. The molecule has 32 heavy (non-hydrogen) atoms. The number of rotatable bonds is 6. The van der Waals surface area contributed by atoms with Gasteiger partial charge >= 0.3 is 0 Å². The van der Waals surface area contributed by atoms with Crippen molar-refractivity contribution in [2.75, 3.05) is 5.32 Å². The van der Waals surface area contributed by atoms with Crippen LogP contribution in [-0.2, 0) is 0 Å². The first-order chi connectivity index (χ1) is 15.6. The standard InChI is InChI=1S/C26H21N3O3/c1-18(22-9-5-10-23(17-22)27-26(31)24-11-6-16-32-24)28-29-25(30)21-14-12-20(13-15-21)19-7-3-2-4-8-19/h2-17H,1H3,(H,27,31)(H,29,30). The number of hydrogen-bond donors (Lipinski definition) is 2. The summed E-state index contributed by atoms with van der Waals surface area (Å²) in [7, 11) is 0. The molecule has 0 saturated heterocycles. The maximum Gasteiger partial charge on any atom is 0.291 e. The number of carbonyl (C=O) groups is 2. The summed E-state index contributed by atoms with van der Waals surface area (Å²) in [6, 6.07) is 27.8. The molecule has 0 atom stereocenters. The lowest BCUT2D eigenvalue weighted by Gasteiger charge is -2.07. The Bertz CT molecular complexity index is 1250. The van der Waals surface area contributed by atoms with E-state index in [-0.39, 0.29) is 17.6 Å². The molecule has 0 saturated carbocycles. The van der Waals surface area contributed by atoms with Crippen molar-refractivity contribution in [1.29, 1.82) is 0 Å². The molecule has 0 spiro atoms. The summed E-state index contributed by atoms with van der Waals surface area (Å²) in [6.07, 6.45) is 1.44. The fourth-order valence-electron chi connectivity index (χ4n) is 3.13. The Morgan fingerprint density at radius 2 is 1.50 bits per heavy atom. The monoisotopic (exact) mass is 423 g/mol. The van der Waals surface area contributed by atoms with Crippen LogP contribution in [0.1, 0.15) is 33.4 Å². The van der Waals surface area contributed by atoms with Crippen LogP contribution in [0, 0.1) is 0 Å². The minimum Gasteiger partial charge on any atom is -0.459 e. The van der Waals surface area contributed by atoms with Crippen LogP contribution >= 0.6 is 0 Å². The molecule has 1 heterocycles. The summed E-state index contributed by atoms with van der Waals surface area (Å²) in [4.78, 5) is 24.6. The van der Waals surface area contributed by atoms with E-state index in [1.807, 2.05) is 48.5 Å². The molecule has 0 unspecified atom stereocenters. The molecular weight excluding hydrogens is 402 g/mol. The number of hydrogen-bond acceptors (Lipinski definition) is 4. The highest BCUT2D eigenvalue weighted by molar-refractivity contribution is 6.04. The van der Waals surface area contributed by atoms with Crippen molar-refractivity contribution in [3.05, 3.63) is 114 Å². The van der Waals surface area contributed by atoms with Gasteiger partial charge in [0.05, 0.1) is 12.0 Å². The van der Waals surface area contributed by atoms with Gasteiger partial charge in [0.1, 0.15) is 0 Å². The molecular formula is C26H21N3O3. The molecule has 0 radical (unpaired) electrons. The van der Waals surface area contributed by atoms with E-state index < -0.39 is 0 Å². The number of carbonyl (C=O) groups excluding carboxylic acids is 2. The second-order valence-electron chi connectivity index (χ2n) is 7.09. The molecule has 4 rings (SSSR count). The van der Waals surface area contributed by atoms with Crippen LogP contribution < -0.4 is 10.7 Å². The maximum absolute atomic E-state index is 12.5. The summed E-state index contributed by atoms with van der Waals surface area (Å²) in [5.41, 5.74) is 7.20. The smallest absolute Gasteiger partial charge is 0.291 e. The number of anilines is 1. The zero-order valence-corrected chi connectivity index (χ0v) is 17.4. The van der Waals surface area contributed by atoms with Gasteiger partial charge < -0.3 is 9.73 Å². The van der Waals surface area contributed by atoms with Gasteiger partial charge in [-0.3, -0.25) is 9.59 Å². The van der Waals surface area contributed by atoms with Crippen LogP contribution in [0.5, 0.6) is 0 Å². The van der Waals surface area contributed by atoms with Crippen LogP contribution in [0.4, 0.5) is 5.69 Å². The van der Waals surface area contributed by atoms with E-state index in [2.05, 4.69) is 15.8 Å². The van der Waals surface area contributed by atoms with Crippen molar-refractivity contribution < 1.29 is 14.0 Å². The Hall–Kier alpha value is -4.45. The number of furan rings is 1. The molecule has 2 amide bonds. The molecule has 3 aromatic carbocycles. The highest BCUT2D eigenvalue weighted by Crippen LogP contribution is 2.19. The Morgan fingerprint density at radius 1 is 0.750 bits per heavy atom. The van der Waals surface area contributed by atoms with Crippen molar-refractivity contribution in [2.24, 2.45) is 5.10 Å². The second-order valence-corrected chi connectivity index (χ2v) is 7.09. The van der Waals surface area contributed by atoms with Gasteiger partial charge in [-0.15, -0.1) is 0 Å². The Labute approximate surface area is 185 Å². The van der Waals surface area contributed by atoms with Crippen molar-refractivity contribution in [1.82, 2.24) is 5.43 Å². The average molecular weight is 423 g/mol. The quantitative estimate of drug-likeness (QED) is 0.324. The fraction of sp³-hybridized carbons (Fsp3) is 0.0385. The Balaban J connectivity index is 1.41. The highest BCUT2D eigenvalue weighted by atomic mass is 16.3. The van der Waals surface area contributed by atoms with E-state index in [4.69, 9.17) is 4.42 Å². The molecule has 0 aliphatic heterocycles. The molecule has 0 aliphatic carbocycles. The van der Waals surface area contributed by atoms with E-state index in [0.29, 0.717) is 17.0 Å². The summed E-state index contributed by atoms with van der Waals surface area (Å²) in [6.45, 7) is 1.78. The van der Waals surface area contributed by atoms with Gasteiger partial charge in [-0.1, -0.05) is 54.6 Å². The van der Waals surface area contributed by atoms with Gasteiger partial charge in [0, 0.05) is 11.3 Å². The highest BCUT2D eigenvalue weighted by Gasteiger charge is 2.10. The summed E-state index contributed by atoms with van der Waals surface area (Å²) < 4.78 is 5.10. The number of hydrazone groups is 1. The summed E-state index contributed by atoms with van der Waals surface area (Å²) in [5, 5.41) is 6.98. The molecule has 1 aromatic heterocycles. The maximum atomic E-state index is 12.5. The van der Waals surface area contributed by atoms with Crippen LogP contribution in [0.2, 0.25) is 0 Å². The van der Waals surface area contributed by atoms with Crippen molar-refractivity contribution in [2.45, 2.75) is 6.92 Å². The molecule has 4 aromatic rings. The van der Waals surface area contributed by atoms with E-state index in [1.54, 1.807) is 49.4 Å². The molecule has 6 nitrogen and oxygen atoms in total. The van der Waals surface area contributed by atoms with Crippen LogP contribution in [0.3, 0.4) is 0 Å². The zero-order valence-electron chi connectivity index (χ0n) is 17.4. The minimum atomic E-state index is -0.339. The lowest BCUT2D eigenvalue weighted by Crippen LogP contribution is -2.19. The molecule has 0 bridgehead atoms. The molecule has 158 valence electrons. The number of nitrogens with one attached hydrogen (secondary N) is 2. The van der Waals surface area contributed by atoms with Gasteiger partial charge in [0.25, 0.3) is 11.8 Å². The lowest BCUT2D eigenvalue weighted by atomic mass is 10.0. The normalized spacial score (nSPS) is 11.1. The predicted octanol–water partition coefficient (Wildman–Crippen LogP) is 5.35. The fourth-order valence-corrected chi connectivity index (χ4v) is 3.13. The first-order valence-electron chi connectivity index (χ1n) is 10.1. The SMILES string of the molecule is CC(=NNC(=O)c1ccc(-c2ccccc2)cc1)c1cccc(NC(=O)c2ccco2)c1. The van der Waals surface area contributed by atoms with Crippen LogP contribution in [0.15, 0.2) is 107 Å². The van der Waals surface area contributed by atoms with Gasteiger partial charge in [-0.25, -0.2) is 5.43 Å². The predicted molar refractivity (Wildman–Crippen MR) is 125 cm³/mol. The van der Waals surface area contributed by atoms with Gasteiger partial charge in [-0.05, 0) is 60.0 Å². The number of amides is 2. The second kappa shape index (κ2) is 9.57. The van der Waals surface area contributed by atoms with Gasteiger partial charge in [-0.2, -0.15) is 5.10 Å². The number of nitrogens with zero attached hydrogens (tertiary/aromatic N) is 1. The van der Waals surface area contributed by atoms with Crippen LogP contribution in [-0.4, -0.2) is 17.5 Å². The molecule has 2 N–H and O–H groups in total. The number of benzene rings is 3. The molecule has 0 fully saturated rings. The van der Waals surface area contributed by atoms with E-state index in [9.17, 15) is 9.59 Å². The first kappa shape index (κ1) is 20.8. The van der Waals surface area contributed by atoms with Crippen molar-refractivity contribution >= 4 is 23.2 Å². The topological polar surface area (TPSA) is 83.7 Å². The van der Waals surface area contributed by atoms with E-state index >= 15 is 0 Å². The van der Waals surface area contributed by atoms with Crippen LogP contribution in [0.25, 0.3) is 11.1 Å². The van der Waals surface area contributed by atoms with E-state index in [0.717, 1.165) is 16.7 Å². The third-order valence-electron chi connectivity index (χ3n) is 4.86. The Kier molecular flexibility index (Phi) is 6.22. The van der Waals surface area contributed by atoms with Crippen molar-refractivity contribution in [3.8, 4) is 11.1 Å². The zero-order chi connectivity index (χ0) is 22.3. The first-order valence-corrected chi connectivity index (χ1v) is 10.1. The van der Waals surface area contributed by atoms with Crippen molar-refractivity contribution in [3.63, 3.8) is 0 Å². The van der Waals surface area contributed by atoms with E-state index in [1.165, 1.54) is 6.26 Å².